The molecule has 1 saturated carbocycles. The first-order chi connectivity index (χ1) is 15.4. The largest absolute Gasteiger partial charge is 0.497 e. The minimum atomic E-state index is -0.513. The van der Waals surface area contributed by atoms with Gasteiger partial charge < -0.3 is 15.0 Å². The molecule has 3 aliphatic rings. The van der Waals surface area contributed by atoms with Crippen LogP contribution in [0.25, 0.3) is 0 Å². The highest BCUT2D eigenvalue weighted by molar-refractivity contribution is 8.00. The van der Waals surface area contributed by atoms with Crippen molar-refractivity contribution in [2.24, 2.45) is 5.92 Å². The number of carbonyl (C=O) groups is 3. The molecule has 1 aromatic rings. The van der Waals surface area contributed by atoms with Crippen LogP contribution in [0.5, 0.6) is 5.75 Å². The zero-order valence-corrected chi connectivity index (χ0v) is 19.5. The van der Waals surface area contributed by atoms with Crippen LogP contribution in [0.15, 0.2) is 24.3 Å². The number of nitrogens with zero attached hydrogens (tertiary/aromatic N) is 2. The number of methoxy groups -OCH3 is 1. The molecule has 0 spiro atoms. The van der Waals surface area contributed by atoms with Gasteiger partial charge in [-0.2, -0.15) is 0 Å². The zero-order chi connectivity index (χ0) is 22.8. The molecule has 4 unspecified atom stereocenters. The average molecular weight is 462 g/mol. The number of urea groups is 1. The fourth-order valence-corrected chi connectivity index (χ4v) is 5.81. The van der Waals surface area contributed by atoms with Crippen molar-refractivity contribution < 1.29 is 19.1 Å². The first-order valence-corrected chi connectivity index (χ1v) is 12.1. The van der Waals surface area contributed by atoms with Gasteiger partial charge in [0.05, 0.1) is 36.5 Å². The Morgan fingerprint density at radius 3 is 2.50 bits per heavy atom. The molecule has 2 heterocycles. The Morgan fingerprint density at radius 2 is 1.84 bits per heavy atom. The van der Waals surface area contributed by atoms with E-state index in [4.69, 9.17) is 4.74 Å². The maximum Gasteiger partial charge on any atom is 0.327 e. The third kappa shape index (κ3) is 4.57. The maximum atomic E-state index is 13.0. The Hall–Kier alpha value is -2.30. The SMILES string of the molecule is COc1ccc(C2NC(SCC(=O)NC3CCCC3)C3C(=O)N(C)C(=O)N(C)C3N2)cc1. The summed E-state index contributed by atoms with van der Waals surface area (Å²) in [7, 11) is 4.81. The second-order valence-electron chi connectivity index (χ2n) is 8.58. The number of nitrogens with one attached hydrogen (secondary N) is 3. The van der Waals surface area contributed by atoms with Crippen molar-refractivity contribution >= 4 is 29.6 Å². The van der Waals surface area contributed by atoms with Crippen LogP contribution in [0, 0.1) is 5.92 Å². The molecule has 3 fully saturated rings. The lowest BCUT2D eigenvalue weighted by Crippen LogP contribution is -2.72. The molecule has 32 heavy (non-hydrogen) atoms. The van der Waals surface area contributed by atoms with Gasteiger partial charge in [-0.15, -0.1) is 11.8 Å². The molecule has 1 aromatic carbocycles. The van der Waals surface area contributed by atoms with E-state index < -0.39 is 12.1 Å². The number of benzene rings is 1. The quantitative estimate of drug-likeness (QED) is 0.590. The summed E-state index contributed by atoms with van der Waals surface area (Å²) in [6.45, 7) is 0. The van der Waals surface area contributed by atoms with E-state index in [9.17, 15) is 14.4 Å². The van der Waals surface area contributed by atoms with Gasteiger partial charge in [0, 0.05) is 20.1 Å². The maximum absolute atomic E-state index is 13.0. The van der Waals surface area contributed by atoms with Gasteiger partial charge >= 0.3 is 6.03 Å². The van der Waals surface area contributed by atoms with Crippen LogP contribution in [0.1, 0.15) is 37.4 Å². The van der Waals surface area contributed by atoms with Gasteiger partial charge in [-0.05, 0) is 30.5 Å². The van der Waals surface area contributed by atoms with Crippen molar-refractivity contribution in [3.63, 3.8) is 0 Å². The van der Waals surface area contributed by atoms with Crippen molar-refractivity contribution in [3.8, 4) is 5.75 Å². The lowest BCUT2D eigenvalue weighted by Gasteiger charge is -2.50. The molecule has 10 heteroatoms. The van der Waals surface area contributed by atoms with Gasteiger partial charge in [-0.3, -0.25) is 25.1 Å². The van der Waals surface area contributed by atoms with Crippen molar-refractivity contribution in [2.45, 2.75) is 49.4 Å². The molecule has 4 atom stereocenters. The summed E-state index contributed by atoms with van der Waals surface area (Å²) < 4.78 is 5.25. The number of amides is 4. The van der Waals surface area contributed by atoms with Gasteiger partial charge in [-0.25, -0.2) is 4.79 Å². The van der Waals surface area contributed by atoms with E-state index in [0.717, 1.165) is 41.9 Å². The van der Waals surface area contributed by atoms with Crippen LogP contribution >= 0.6 is 11.8 Å². The lowest BCUT2D eigenvalue weighted by molar-refractivity contribution is -0.140. The Balaban J connectivity index is 1.52. The monoisotopic (exact) mass is 461 g/mol. The summed E-state index contributed by atoms with van der Waals surface area (Å²) in [6, 6.07) is 7.54. The average Bonchev–Trinajstić information content (AvgIpc) is 3.32. The molecule has 3 N–H and O–H groups in total. The smallest absolute Gasteiger partial charge is 0.327 e. The highest BCUT2D eigenvalue weighted by Gasteiger charge is 2.51. The van der Waals surface area contributed by atoms with E-state index in [1.165, 1.54) is 18.8 Å². The first-order valence-electron chi connectivity index (χ1n) is 11.0. The van der Waals surface area contributed by atoms with Gasteiger partial charge in [0.2, 0.25) is 11.8 Å². The molecular weight excluding hydrogens is 430 g/mol. The third-order valence-electron chi connectivity index (χ3n) is 6.52. The zero-order valence-electron chi connectivity index (χ0n) is 18.7. The summed E-state index contributed by atoms with van der Waals surface area (Å²) in [5.41, 5.74) is 0.956. The van der Waals surface area contributed by atoms with Crippen LogP contribution < -0.4 is 20.7 Å². The summed E-state index contributed by atoms with van der Waals surface area (Å²) in [6.07, 6.45) is 3.61. The van der Waals surface area contributed by atoms with Gasteiger partial charge in [0.1, 0.15) is 5.75 Å². The minimum Gasteiger partial charge on any atom is -0.497 e. The van der Waals surface area contributed by atoms with Crippen molar-refractivity contribution in [1.82, 2.24) is 25.8 Å². The van der Waals surface area contributed by atoms with E-state index in [1.54, 1.807) is 19.1 Å². The lowest BCUT2D eigenvalue weighted by atomic mass is 9.96. The number of thioether (sulfide) groups is 1. The molecule has 0 aromatic heterocycles. The predicted octanol–water partition coefficient (Wildman–Crippen LogP) is 1.47. The van der Waals surface area contributed by atoms with Crippen LogP contribution in [0.4, 0.5) is 4.79 Å². The number of rotatable bonds is 6. The van der Waals surface area contributed by atoms with Gasteiger partial charge in [0.25, 0.3) is 0 Å². The number of hydrogen-bond acceptors (Lipinski definition) is 7. The van der Waals surface area contributed by atoms with E-state index in [0.29, 0.717) is 0 Å². The standard InChI is InChI=1S/C22H31N5O4S/c1-26-19-17(21(29)27(2)22(26)30)20(32-12-16(28)23-14-6-4-5-7-14)25-18(24-19)13-8-10-15(31-3)11-9-13/h8-11,14,17-20,24-25H,4-7,12H2,1-3H3,(H,23,28). The number of fused-ring (bicyclic) bond motifs is 1. The highest BCUT2D eigenvalue weighted by atomic mass is 32.2. The van der Waals surface area contributed by atoms with Crippen molar-refractivity contribution in [2.75, 3.05) is 27.0 Å². The second-order valence-corrected chi connectivity index (χ2v) is 9.71. The molecule has 2 saturated heterocycles. The molecule has 4 amide bonds. The van der Waals surface area contributed by atoms with Crippen LogP contribution in [0.2, 0.25) is 0 Å². The Kier molecular flexibility index (Phi) is 6.92. The van der Waals surface area contributed by atoms with E-state index in [2.05, 4.69) is 16.0 Å². The molecule has 9 nitrogen and oxygen atoms in total. The highest BCUT2D eigenvalue weighted by Crippen LogP contribution is 2.34. The number of ether oxygens (including phenoxy) is 1. The second kappa shape index (κ2) is 9.68. The topological polar surface area (TPSA) is 103 Å². The Morgan fingerprint density at radius 1 is 1.16 bits per heavy atom. The summed E-state index contributed by atoms with van der Waals surface area (Å²) in [4.78, 5) is 40.9. The number of hydrogen-bond donors (Lipinski definition) is 3. The molecule has 0 bridgehead atoms. The van der Waals surface area contributed by atoms with E-state index >= 15 is 0 Å². The normalized spacial score (nSPS) is 28.6. The third-order valence-corrected chi connectivity index (χ3v) is 7.74. The predicted molar refractivity (Wildman–Crippen MR) is 122 cm³/mol. The number of carbonyl (C=O) groups excluding carboxylic acids is 3. The molecule has 2 aliphatic heterocycles. The Bertz CT molecular complexity index is 860. The summed E-state index contributed by atoms with van der Waals surface area (Å²) >= 11 is 1.42. The van der Waals surface area contributed by atoms with E-state index in [-0.39, 0.29) is 41.2 Å². The van der Waals surface area contributed by atoms with Gasteiger partial charge in [-0.1, -0.05) is 25.0 Å². The number of imide groups is 1. The minimum absolute atomic E-state index is 0.0131. The van der Waals surface area contributed by atoms with Crippen molar-refractivity contribution in [3.05, 3.63) is 29.8 Å². The molecule has 174 valence electrons. The summed E-state index contributed by atoms with van der Waals surface area (Å²) in [5, 5.41) is 9.66. The molecular formula is C22H31N5O4S. The molecule has 4 rings (SSSR count). The summed E-state index contributed by atoms with van der Waals surface area (Å²) in [5.74, 6) is 0.225. The van der Waals surface area contributed by atoms with Crippen LogP contribution in [-0.4, -0.2) is 72.2 Å². The fourth-order valence-electron chi connectivity index (χ4n) is 4.69. The van der Waals surface area contributed by atoms with Crippen LogP contribution in [-0.2, 0) is 9.59 Å². The fraction of sp³-hybridized carbons (Fsp3) is 0.591. The van der Waals surface area contributed by atoms with Crippen molar-refractivity contribution in [1.29, 1.82) is 0 Å². The van der Waals surface area contributed by atoms with E-state index in [1.807, 2.05) is 24.3 Å². The Labute approximate surface area is 192 Å². The molecule has 0 radical (unpaired) electrons. The molecule has 1 aliphatic carbocycles. The first kappa shape index (κ1) is 22.9. The van der Waals surface area contributed by atoms with Crippen LogP contribution in [0.3, 0.4) is 0 Å². The van der Waals surface area contributed by atoms with Gasteiger partial charge in [0.15, 0.2) is 0 Å².